The third-order valence-electron chi connectivity index (χ3n) is 6.52. The van der Waals surface area contributed by atoms with Crippen LogP contribution in [0.5, 0.6) is 17.2 Å². The molecular weight excluding hydrogens is 436 g/mol. The largest absolute Gasteiger partial charge is 0.508 e. The average Bonchev–Trinajstić information content (AvgIpc) is 2.81. The van der Waals surface area contributed by atoms with Crippen LogP contribution in [0.2, 0.25) is 0 Å². The molecule has 0 amide bonds. The zero-order chi connectivity index (χ0) is 23.7. The number of nitrogens with zero attached hydrogens (tertiary/aromatic N) is 1. The summed E-state index contributed by atoms with van der Waals surface area (Å²) in [4.78, 5) is 2.18. The van der Waals surface area contributed by atoms with Crippen molar-refractivity contribution in [3.8, 4) is 17.2 Å². The average molecular weight is 464 g/mol. The second kappa shape index (κ2) is 9.47. The van der Waals surface area contributed by atoms with Gasteiger partial charge in [0, 0.05) is 36.7 Å². The van der Waals surface area contributed by atoms with E-state index in [-0.39, 0.29) is 24.2 Å². The fourth-order valence-corrected chi connectivity index (χ4v) is 4.69. The van der Waals surface area contributed by atoms with Gasteiger partial charge in [-0.1, -0.05) is 24.3 Å². The highest BCUT2D eigenvalue weighted by molar-refractivity contribution is 5.95. The second-order valence-corrected chi connectivity index (χ2v) is 8.92. The third kappa shape index (κ3) is 4.50. The van der Waals surface area contributed by atoms with Gasteiger partial charge in [-0.15, -0.1) is 0 Å². The second-order valence-electron chi connectivity index (χ2n) is 8.92. The number of hydrogen-bond donors (Lipinski definition) is 1. The number of aromatic hydroxyl groups is 1. The van der Waals surface area contributed by atoms with Crippen molar-refractivity contribution in [1.29, 1.82) is 0 Å². The Morgan fingerprint density at radius 3 is 2.59 bits per heavy atom. The van der Waals surface area contributed by atoms with Gasteiger partial charge in [-0.05, 0) is 66.1 Å². The van der Waals surface area contributed by atoms with E-state index in [1.807, 2.05) is 37.3 Å². The number of fused-ring (bicyclic) bond motifs is 1. The van der Waals surface area contributed by atoms with Crippen LogP contribution in [-0.4, -0.2) is 42.9 Å². The molecular formula is C28H27F2NO3. The summed E-state index contributed by atoms with van der Waals surface area (Å²) in [5.41, 5.74) is 4.22. The number of alkyl halides is 1. The van der Waals surface area contributed by atoms with Crippen LogP contribution in [0.3, 0.4) is 0 Å². The molecule has 5 rings (SSSR count). The first-order valence-electron chi connectivity index (χ1n) is 11.5. The van der Waals surface area contributed by atoms with E-state index in [1.54, 1.807) is 24.3 Å². The van der Waals surface area contributed by atoms with Crippen LogP contribution < -0.4 is 9.47 Å². The number of rotatable bonds is 7. The van der Waals surface area contributed by atoms with Crippen molar-refractivity contribution in [3.05, 3.63) is 89.2 Å². The Balaban J connectivity index is 1.38. The minimum absolute atomic E-state index is 0.152. The van der Waals surface area contributed by atoms with Gasteiger partial charge in [0.25, 0.3) is 0 Å². The minimum Gasteiger partial charge on any atom is -0.508 e. The number of halogens is 2. The summed E-state index contributed by atoms with van der Waals surface area (Å²) in [7, 11) is 0. The molecule has 2 heterocycles. The lowest BCUT2D eigenvalue weighted by Gasteiger charge is -2.37. The smallest absolute Gasteiger partial charge is 0.150 e. The predicted molar refractivity (Wildman–Crippen MR) is 128 cm³/mol. The molecule has 1 fully saturated rings. The number of phenols is 1. The van der Waals surface area contributed by atoms with Crippen molar-refractivity contribution in [2.24, 2.45) is 5.92 Å². The monoisotopic (exact) mass is 463 g/mol. The molecule has 1 atom stereocenters. The highest BCUT2D eigenvalue weighted by Gasteiger charge is 2.30. The SMILES string of the molecule is CC1=C(c2cccc(F)c2)[C@@H](c2ccc(OCCN3CC(CF)C3)cc2)Oc2ccc(O)cc21. The molecule has 0 aromatic heterocycles. The van der Waals surface area contributed by atoms with Gasteiger partial charge in [0.15, 0.2) is 0 Å². The van der Waals surface area contributed by atoms with Gasteiger partial charge >= 0.3 is 0 Å². The normalized spacial score (nSPS) is 18.3. The Morgan fingerprint density at radius 2 is 1.85 bits per heavy atom. The molecule has 6 heteroatoms. The van der Waals surface area contributed by atoms with E-state index in [9.17, 15) is 13.9 Å². The molecule has 34 heavy (non-hydrogen) atoms. The molecule has 2 aliphatic heterocycles. The molecule has 0 unspecified atom stereocenters. The Morgan fingerprint density at radius 1 is 1.06 bits per heavy atom. The minimum atomic E-state index is -0.438. The number of hydrogen-bond acceptors (Lipinski definition) is 4. The molecule has 176 valence electrons. The van der Waals surface area contributed by atoms with Crippen LogP contribution in [0.15, 0.2) is 66.7 Å². The summed E-state index contributed by atoms with van der Waals surface area (Å²) in [6.07, 6.45) is -0.438. The van der Waals surface area contributed by atoms with E-state index < -0.39 is 6.10 Å². The molecule has 2 aliphatic rings. The van der Waals surface area contributed by atoms with E-state index in [4.69, 9.17) is 9.47 Å². The molecule has 4 nitrogen and oxygen atoms in total. The Labute approximate surface area is 198 Å². The van der Waals surface area contributed by atoms with Gasteiger partial charge in [0.2, 0.25) is 0 Å². The zero-order valence-electron chi connectivity index (χ0n) is 19.0. The van der Waals surface area contributed by atoms with Crippen LogP contribution in [0.1, 0.15) is 29.7 Å². The first kappa shape index (κ1) is 22.4. The maximum atomic E-state index is 14.1. The number of allylic oxidation sites excluding steroid dienone is 1. The summed E-state index contributed by atoms with van der Waals surface area (Å²) in [5.74, 6) is 1.43. The zero-order valence-corrected chi connectivity index (χ0v) is 19.0. The summed E-state index contributed by atoms with van der Waals surface area (Å²) in [6, 6.07) is 19.2. The van der Waals surface area contributed by atoms with E-state index in [1.165, 1.54) is 12.1 Å². The van der Waals surface area contributed by atoms with Gasteiger partial charge in [-0.3, -0.25) is 9.29 Å². The molecule has 1 N–H and O–H groups in total. The summed E-state index contributed by atoms with van der Waals surface area (Å²) < 4.78 is 38.9. The molecule has 0 saturated carbocycles. The van der Waals surface area contributed by atoms with E-state index >= 15 is 0 Å². The van der Waals surface area contributed by atoms with E-state index in [0.717, 1.165) is 53.2 Å². The Kier molecular flexibility index (Phi) is 6.24. The Hall–Kier alpha value is -3.38. The van der Waals surface area contributed by atoms with Crippen LogP contribution in [-0.2, 0) is 0 Å². The molecule has 0 aliphatic carbocycles. The molecule has 1 saturated heterocycles. The quantitative estimate of drug-likeness (QED) is 0.476. The van der Waals surface area contributed by atoms with Crippen molar-refractivity contribution in [2.75, 3.05) is 32.9 Å². The lowest BCUT2D eigenvalue weighted by atomic mass is 9.86. The molecule has 0 spiro atoms. The number of phenolic OH excluding ortho intramolecular Hbond substituents is 1. The highest BCUT2D eigenvalue weighted by atomic mass is 19.1. The van der Waals surface area contributed by atoms with Crippen LogP contribution in [0.25, 0.3) is 11.1 Å². The van der Waals surface area contributed by atoms with Crippen molar-refractivity contribution in [3.63, 3.8) is 0 Å². The maximum Gasteiger partial charge on any atom is 0.150 e. The van der Waals surface area contributed by atoms with Crippen LogP contribution in [0.4, 0.5) is 8.78 Å². The highest BCUT2D eigenvalue weighted by Crippen LogP contribution is 2.47. The van der Waals surface area contributed by atoms with Gasteiger partial charge in [-0.25, -0.2) is 4.39 Å². The molecule has 3 aromatic carbocycles. The summed E-state index contributed by atoms with van der Waals surface area (Å²) >= 11 is 0. The first-order valence-corrected chi connectivity index (χ1v) is 11.5. The lowest BCUT2D eigenvalue weighted by molar-refractivity contribution is 0.0668. The predicted octanol–water partition coefficient (Wildman–Crippen LogP) is 5.88. The van der Waals surface area contributed by atoms with Crippen molar-refractivity contribution >= 4 is 11.1 Å². The van der Waals surface area contributed by atoms with Crippen LogP contribution >= 0.6 is 0 Å². The van der Waals surface area contributed by atoms with Gasteiger partial charge in [-0.2, -0.15) is 0 Å². The fraction of sp³-hybridized carbons (Fsp3) is 0.286. The van der Waals surface area contributed by atoms with Crippen LogP contribution in [0, 0.1) is 11.7 Å². The van der Waals surface area contributed by atoms with Crippen molar-refractivity contribution < 1.29 is 23.4 Å². The van der Waals surface area contributed by atoms with Gasteiger partial charge < -0.3 is 14.6 Å². The van der Waals surface area contributed by atoms with Crippen molar-refractivity contribution in [1.82, 2.24) is 4.90 Å². The van der Waals surface area contributed by atoms with Crippen molar-refractivity contribution in [2.45, 2.75) is 13.0 Å². The van der Waals surface area contributed by atoms with E-state index in [2.05, 4.69) is 4.90 Å². The summed E-state index contributed by atoms with van der Waals surface area (Å²) in [5, 5.41) is 10.00. The number of benzene rings is 3. The molecule has 3 aromatic rings. The lowest BCUT2D eigenvalue weighted by Crippen LogP contribution is -2.49. The molecule has 0 bridgehead atoms. The Bertz CT molecular complexity index is 1200. The van der Waals surface area contributed by atoms with Gasteiger partial charge in [0.1, 0.15) is 35.8 Å². The first-order chi connectivity index (χ1) is 16.5. The third-order valence-corrected chi connectivity index (χ3v) is 6.52. The topological polar surface area (TPSA) is 41.9 Å². The standard InChI is InChI=1S/C28H27F2NO3/c1-18-25-14-23(32)7-10-26(25)34-28(27(18)21-3-2-4-22(30)13-21)20-5-8-24(9-6-20)33-12-11-31-16-19(15-29)17-31/h2-10,13-14,19,28,32H,11-12,15-17H2,1H3/t28-/m1/s1. The number of ether oxygens (including phenoxy) is 2. The number of likely N-dealkylation sites (tertiary alicyclic amines) is 1. The maximum absolute atomic E-state index is 14.1. The van der Waals surface area contributed by atoms with E-state index in [0.29, 0.717) is 12.4 Å². The summed E-state index contributed by atoms with van der Waals surface area (Å²) in [6.45, 7) is 4.63. The van der Waals surface area contributed by atoms with Gasteiger partial charge in [0.05, 0.1) is 6.67 Å². The molecule has 0 radical (unpaired) electrons. The fourth-order valence-electron chi connectivity index (χ4n) is 4.69.